The molecule has 5 nitrogen and oxygen atoms in total. The van der Waals surface area contributed by atoms with Crippen molar-refractivity contribution in [3.8, 4) is 11.3 Å². The average molecular weight is 317 g/mol. The molecule has 4 rings (SSSR count). The number of carbonyl (C=O) groups excluding carboxylic acids is 1. The summed E-state index contributed by atoms with van der Waals surface area (Å²) in [6.07, 6.45) is 0. The standard InChI is InChI=1S/C19H15N3O2/c1-2-24-19(23)18-17(20-22-21-18)16-14-9-5-3-7-12(14)11-13-8-4-6-10-15(13)16/h3-11H,2H2,1H3,(H,20,21,22). The number of esters is 1. The monoisotopic (exact) mass is 317 g/mol. The van der Waals surface area contributed by atoms with Gasteiger partial charge in [0.1, 0.15) is 5.69 Å². The maximum atomic E-state index is 12.2. The molecule has 0 fully saturated rings. The Hall–Kier alpha value is -3.21. The Morgan fingerprint density at radius 2 is 1.62 bits per heavy atom. The summed E-state index contributed by atoms with van der Waals surface area (Å²) < 4.78 is 5.11. The minimum Gasteiger partial charge on any atom is -0.461 e. The third-order valence-corrected chi connectivity index (χ3v) is 4.02. The molecule has 118 valence electrons. The summed E-state index contributed by atoms with van der Waals surface area (Å²) in [5.41, 5.74) is 1.61. The smallest absolute Gasteiger partial charge is 0.361 e. The SMILES string of the molecule is CCOC(=O)c1n[nH]nc1-c1c2ccccc2cc2ccccc12. The summed E-state index contributed by atoms with van der Waals surface area (Å²) >= 11 is 0. The van der Waals surface area contributed by atoms with E-state index in [-0.39, 0.29) is 5.69 Å². The van der Waals surface area contributed by atoms with Crippen LogP contribution in [0.25, 0.3) is 32.8 Å². The van der Waals surface area contributed by atoms with Crippen LogP contribution < -0.4 is 0 Å². The molecule has 0 saturated heterocycles. The fraction of sp³-hybridized carbons (Fsp3) is 0.105. The first-order valence-electron chi connectivity index (χ1n) is 7.78. The highest BCUT2D eigenvalue weighted by Crippen LogP contribution is 2.36. The van der Waals surface area contributed by atoms with Crippen LogP contribution in [0.2, 0.25) is 0 Å². The molecule has 0 radical (unpaired) electrons. The van der Waals surface area contributed by atoms with Crippen LogP contribution in [-0.2, 0) is 4.74 Å². The van der Waals surface area contributed by atoms with Crippen molar-refractivity contribution in [2.24, 2.45) is 0 Å². The van der Waals surface area contributed by atoms with Crippen molar-refractivity contribution in [2.45, 2.75) is 6.92 Å². The summed E-state index contributed by atoms with van der Waals surface area (Å²) in [6, 6.07) is 18.2. The normalized spacial score (nSPS) is 11.0. The number of hydrogen-bond donors (Lipinski definition) is 1. The van der Waals surface area contributed by atoms with Crippen LogP contribution in [0.3, 0.4) is 0 Å². The van der Waals surface area contributed by atoms with E-state index in [1.807, 2.05) is 36.4 Å². The molecule has 5 heteroatoms. The van der Waals surface area contributed by atoms with Crippen LogP contribution in [0, 0.1) is 0 Å². The van der Waals surface area contributed by atoms with E-state index in [1.54, 1.807) is 6.92 Å². The zero-order valence-corrected chi connectivity index (χ0v) is 13.1. The van der Waals surface area contributed by atoms with Crippen LogP contribution in [-0.4, -0.2) is 28.0 Å². The van der Waals surface area contributed by atoms with Gasteiger partial charge in [-0.1, -0.05) is 48.5 Å². The molecule has 24 heavy (non-hydrogen) atoms. The Bertz CT molecular complexity index is 999. The number of aromatic amines is 1. The van der Waals surface area contributed by atoms with Crippen LogP contribution >= 0.6 is 0 Å². The Morgan fingerprint density at radius 3 is 2.25 bits per heavy atom. The van der Waals surface area contributed by atoms with E-state index in [0.29, 0.717) is 12.3 Å². The Morgan fingerprint density at radius 1 is 1.00 bits per heavy atom. The van der Waals surface area contributed by atoms with Gasteiger partial charge in [0.15, 0.2) is 5.69 Å². The van der Waals surface area contributed by atoms with Crippen molar-refractivity contribution in [1.82, 2.24) is 15.4 Å². The van der Waals surface area contributed by atoms with E-state index < -0.39 is 5.97 Å². The Labute approximate surface area is 138 Å². The number of nitrogens with one attached hydrogen (secondary N) is 1. The van der Waals surface area contributed by atoms with Crippen molar-refractivity contribution in [3.63, 3.8) is 0 Å². The van der Waals surface area contributed by atoms with E-state index in [1.165, 1.54) is 0 Å². The molecule has 0 atom stereocenters. The summed E-state index contributed by atoms with van der Waals surface area (Å²) in [4.78, 5) is 12.2. The van der Waals surface area contributed by atoms with Gasteiger partial charge in [0.05, 0.1) is 6.61 Å². The first-order valence-corrected chi connectivity index (χ1v) is 7.78. The molecular weight excluding hydrogens is 302 g/mol. The third-order valence-electron chi connectivity index (χ3n) is 4.02. The summed E-state index contributed by atoms with van der Waals surface area (Å²) in [5.74, 6) is -0.474. The van der Waals surface area contributed by atoms with Crippen molar-refractivity contribution in [1.29, 1.82) is 0 Å². The fourth-order valence-corrected chi connectivity index (χ4v) is 3.02. The van der Waals surface area contributed by atoms with Gasteiger partial charge in [-0.3, -0.25) is 0 Å². The second-order valence-electron chi connectivity index (χ2n) is 5.44. The number of aromatic nitrogens is 3. The third kappa shape index (κ3) is 2.22. The number of H-pyrrole nitrogens is 1. The molecule has 1 heterocycles. The topological polar surface area (TPSA) is 67.9 Å². The summed E-state index contributed by atoms with van der Waals surface area (Å²) in [5, 5.41) is 15.1. The second kappa shape index (κ2) is 5.77. The minimum atomic E-state index is -0.474. The predicted octanol–water partition coefficient (Wildman–Crippen LogP) is 3.95. The molecular formula is C19H15N3O2. The molecule has 0 spiro atoms. The minimum absolute atomic E-state index is 0.207. The molecule has 0 unspecified atom stereocenters. The zero-order chi connectivity index (χ0) is 16.5. The molecule has 0 aliphatic heterocycles. The first-order chi connectivity index (χ1) is 11.8. The molecule has 0 saturated carbocycles. The van der Waals surface area contributed by atoms with Crippen LogP contribution in [0.4, 0.5) is 0 Å². The number of nitrogens with zero attached hydrogens (tertiary/aromatic N) is 2. The Balaban J connectivity index is 2.09. The molecule has 4 aromatic rings. The highest BCUT2D eigenvalue weighted by Gasteiger charge is 2.22. The number of hydrogen-bond acceptors (Lipinski definition) is 4. The van der Waals surface area contributed by atoms with E-state index in [0.717, 1.165) is 27.1 Å². The van der Waals surface area contributed by atoms with Crippen LogP contribution in [0.5, 0.6) is 0 Å². The fourth-order valence-electron chi connectivity index (χ4n) is 3.02. The number of carbonyl (C=O) groups is 1. The lowest BCUT2D eigenvalue weighted by Gasteiger charge is -2.10. The highest BCUT2D eigenvalue weighted by atomic mass is 16.5. The number of ether oxygens (including phenoxy) is 1. The molecule has 1 aromatic heterocycles. The largest absolute Gasteiger partial charge is 0.461 e. The van der Waals surface area contributed by atoms with Crippen LogP contribution in [0.1, 0.15) is 17.4 Å². The van der Waals surface area contributed by atoms with Gasteiger partial charge < -0.3 is 4.74 Å². The predicted molar refractivity (Wildman–Crippen MR) is 92.8 cm³/mol. The van der Waals surface area contributed by atoms with E-state index in [2.05, 4.69) is 33.6 Å². The highest BCUT2D eigenvalue weighted by molar-refractivity contribution is 6.14. The number of rotatable bonds is 3. The average Bonchev–Trinajstić information content (AvgIpc) is 3.09. The lowest BCUT2D eigenvalue weighted by Crippen LogP contribution is -2.07. The van der Waals surface area contributed by atoms with Crippen molar-refractivity contribution in [2.75, 3.05) is 6.61 Å². The Kier molecular flexibility index (Phi) is 3.46. The van der Waals surface area contributed by atoms with Gasteiger partial charge in [-0.15, -0.1) is 5.10 Å². The maximum Gasteiger partial charge on any atom is 0.361 e. The molecule has 1 N–H and O–H groups in total. The van der Waals surface area contributed by atoms with Gasteiger partial charge in [0.2, 0.25) is 0 Å². The van der Waals surface area contributed by atoms with Crippen molar-refractivity contribution >= 4 is 27.5 Å². The molecule has 0 aliphatic rings. The maximum absolute atomic E-state index is 12.2. The van der Waals surface area contributed by atoms with Crippen molar-refractivity contribution in [3.05, 3.63) is 60.3 Å². The summed E-state index contributed by atoms with van der Waals surface area (Å²) in [6.45, 7) is 2.06. The van der Waals surface area contributed by atoms with Gasteiger partial charge in [0, 0.05) is 5.56 Å². The molecule has 0 amide bonds. The van der Waals surface area contributed by atoms with Crippen LogP contribution in [0.15, 0.2) is 54.6 Å². The zero-order valence-electron chi connectivity index (χ0n) is 13.1. The summed E-state index contributed by atoms with van der Waals surface area (Å²) in [7, 11) is 0. The number of fused-ring (bicyclic) bond motifs is 2. The van der Waals surface area contributed by atoms with Crippen molar-refractivity contribution < 1.29 is 9.53 Å². The lowest BCUT2D eigenvalue weighted by molar-refractivity contribution is 0.0520. The lowest BCUT2D eigenvalue weighted by atomic mass is 9.94. The van der Waals surface area contributed by atoms with Gasteiger partial charge in [-0.25, -0.2) is 4.79 Å². The molecule has 0 aliphatic carbocycles. The van der Waals surface area contributed by atoms with Gasteiger partial charge in [-0.2, -0.15) is 10.3 Å². The van der Waals surface area contributed by atoms with Gasteiger partial charge >= 0.3 is 5.97 Å². The molecule has 0 bridgehead atoms. The van der Waals surface area contributed by atoms with E-state index in [9.17, 15) is 4.79 Å². The van der Waals surface area contributed by atoms with Gasteiger partial charge in [0.25, 0.3) is 0 Å². The number of benzene rings is 3. The van der Waals surface area contributed by atoms with E-state index in [4.69, 9.17) is 4.74 Å². The molecule has 3 aromatic carbocycles. The second-order valence-corrected chi connectivity index (χ2v) is 5.44. The quantitative estimate of drug-likeness (QED) is 0.459. The first kappa shape index (κ1) is 14.4. The van der Waals surface area contributed by atoms with E-state index >= 15 is 0 Å². The van der Waals surface area contributed by atoms with Gasteiger partial charge in [-0.05, 0) is 34.5 Å².